The summed E-state index contributed by atoms with van der Waals surface area (Å²) in [5.74, 6) is 3.99. The molecule has 11 atom stereocenters. The molecule has 0 heterocycles. The van der Waals surface area contributed by atoms with Crippen molar-refractivity contribution in [1.29, 1.82) is 0 Å². The molecule has 0 radical (unpaired) electrons. The topological polar surface area (TPSA) is 105 Å². The number of hydrogen-bond acceptors (Lipinski definition) is 8. The van der Waals surface area contributed by atoms with Crippen molar-refractivity contribution in [1.82, 2.24) is 0 Å². The summed E-state index contributed by atoms with van der Waals surface area (Å²) in [6.07, 6.45) is 13.2. The maximum absolute atomic E-state index is 12.9. The van der Waals surface area contributed by atoms with Crippen LogP contribution in [0.1, 0.15) is 160 Å². The number of carbonyl (C=O) groups is 4. The molecular weight excluding hydrogens is 656 g/mol. The Morgan fingerprint density at radius 1 is 0.635 bits per heavy atom. The Kier molecular flexibility index (Phi) is 12.6. The third kappa shape index (κ3) is 8.41. The van der Waals surface area contributed by atoms with Gasteiger partial charge in [-0.25, -0.2) is 9.59 Å². The van der Waals surface area contributed by atoms with E-state index in [0.29, 0.717) is 53.3 Å². The molecule has 0 aromatic rings. The maximum atomic E-state index is 12.9. The number of rotatable bonds is 10. The number of hydrogen-bond donors (Lipinski definition) is 0. The Balaban J connectivity index is 0.000000202. The second kappa shape index (κ2) is 15.9. The first kappa shape index (κ1) is 41.1. The van der Waals surface area contributed by atoms with Gasteiger partial charge >= 0.3 is 23.9 Å². The molecule has 11 unspecified atom stereocenters. The van der Waals surface area contributed by atoms with Gasteiger partial charge in [0, 0.05) is 0 Å². The van der Waals surface area contributed by atoms with E-state index >= 15 is 0 Å². The lowest BCUT2D eigenvalue weighted by Gasteiger charge is -2.39. The number of esters is 4. The van der Waals surface area contributed by atoms with Gasteiger partial charge < -0.3 is 18.9 Å². The molecule has 6 aliphatic rings. The number of carbonyl (C=O) groups excluding carboxylic acids is 4. The van der Waals surface area contributed by atoms with Gasteiger partial charge in [-0.2, -0.15) is 0 Å². The van der Waals surface area contributed by atoms with Gasteiger partial charge in [0.25, 0.3) is 0 Å². The van der Waals surface area contributed by atoms with Crippen molar-refractivity contribution in [3.8, 4) is 0 Å². The average Bonchev–Trinajstić information content (AvgIpc) is 3.92. The van der Waals surface area contributed by atoms with E-state index in [4.69, 9.17) is 18.9 Å². The Hall–Kier alpha value is -2.12. The van der Waals surface area contributed by atoms with Crippen LogP contribution >= 0.6 is 0 Å². The van der Waals surface area contributed by atoms with Gasteiger partial charge in [0.2, 0.25) is 5.60 Å². The zero-order valence-electron chi connectivity index (χ0n) is 34.5. The van der Waals surface area contributed by atoms with E-state index in [9.17, 15) is 19.2 Å². The van der Waals surface area contributed by atoms with E-state index in [-0.39, 0.29) is 41.3 Å². The third-order valence-corrected chi connectivity index (χ3v) is 15.6. The Bertz CT molecular complexity index is 1280. The van der Waals surface area contributed by atoms with Gasteiger partial charge in [0.1, 0.15) is 11.2 Å². The van der Waals surface area contributed by atoms with Gasteiger partial charge in [-0.05, 0) is 158 Å². The monoisotopic (exact) mass is 729 g/mol. The minimum atomic E-state index is -1.24. The van der Waals surface area contributed by atoms with Gasteiger partial charge in [-0.1, -0.05) is 60.8 Å². The lowest BCUT2D eigenvalue weighted by molar-refractivity contribution is -0.195. The fraction of sp³-hybridized carbons (Fsp3) is 0.909. The predicted molar refractivity (Wildman–Crippen MR) is 201 cm³/mol. The highest BCUT2D eigenvalue weighted by molar-refractivity contribution is 5.84. The number of fused-ring (bicyclic) bond motifs is 4. The molecule has 296 valence electrons. The highest BCUT2D eigenvalue weighted by Gasteiger charge is 2.54. The fourth-order valence-electron chi connectivity index (χ4n) is 11.4. The zero-order chi connectivity index (χ0) is 38.3. The van der Waals surface area contributed by atoms with E-state index in [0.717, 1.165) is 64.2 Å². The summed E-state index contributed by atoms with van der Waals surface area (Å²) < 4.78 is 23.1. The van der Waals surface area contributed by atoms with E-state index in [1.807, 2.05) is 13.8 Å². The van der Waals surface area contributed by atoms with Gasteiger partial charge in [-0.15, -0.1) is 0 Å². The number of ether oxygens (including phenoxy) is 4. The van der Waals surface area contributed by atoms with Crippen LogP contribution in [-0.4, -0.2) is 46.8 Å². The molecule has 8 nitrogen and oxygen atoms in total. The molecule has 6 aliphatic carbocycles. The second-order valence-corrected chi connectivity index (χ2v) is 19.6. The van der Waals surface area contributed by atoms with Crippen molar-refractivity contribution in [3.05, 3.63) is 0 Å². The summed E-state index contributed by atoms with van der Waals surface area (Å²) in [7, 11) is 0. The van der Waals surface area contributed by atoms with Crippen LogP contribution in [0.3, 0.4) is 0 Å². The normalized spacial score (nSPS) is 35.8. The minimum Gasteiger partial charge on any atom is -0.456 e. The van der Waals surface area contributed by atoms with E-state index < -0.39 is 23.3 Å². The van der Waals surface area contributed by atoms with E-state index in [2.05, 4.69) is 41.5 Å². The molecule has 6 fully saturated rings. The van der Waals surface area contributed by atoms with Crippen molar-refractivity contribution in [2.24, 2.45) is 71.0 Å². The predicted octanol–water partition coefficient (Wildman–Crippen LogP) is 9.50. The minimum absolute atomic E-state index is 0.0306. The molecule has 0 aromatic carbocycles. The lowest BCUT2D eigenvalue weighted by atomic mass is 9.76. The first-order valence-corrected chi connectivity index (χ1v) is 21.2. The zero-order valence-corrected chi connectivity index (χ0v) is 34.5. The highest BCUT2D eigenvalue weighted by atomic mass is 16.6. The lowest BCUT2D eigenvalue weighted by Crippen LogP contribution is -2.47. The van der Waals surface area contributed by atoms with Crippen molar-refractivity contribution in [2.45, 2.75) is 183 Å². The van der Waals surface area contributed by atoms with Crippen LogP contribution in [0.25, 0.3) is 0 Å². The smallest absolute Gasteiger partial charge is 0.350 e. The van der Waals surface area contributed by atoms with Crippen LogP contribution in [-0.2, 0) is 38.1 Å². The first-order chi connectivity index (χ1) is 24.3. The summed E-state index contributed by atoms with van der Waals surface area (Å²) >= 11 is 0. The molecular formula is C44H72O8. The van der Waals surface area contributed by atoms with Crippen LogP contribution in [0, 0.1) is 71.0 Å². The molecule has 8 heteroatoms. The summed E-state index contributed by atoms with van der Waals surface area (Å²) in [6, 6.07) is 0. The Labute approximate surface area is 315 Å². The summed E-state index contributed by atoms with van der Waals surface area (Å²) in [4.78, 5) is 50.9. The van der Waals surface area contributed by atoms with Gasteiger partial charge in [-0.3, -0.25) is 9.59 Å². The van der Waals surface area contributed by atoms with E-state index in [1.165, 1.54) is 19.3 Å². The van der Waals surface area contributed by atoms with Crippen LogP contribution in [0.15, 0.2) is 0 Å². The van der Waals surface area contributed by atoms with Gasteiger partial charge in [0.15, 0.2) is 6.10 Å². The highest BCUT2D eigenvalue weighted by Crippen LogP contribution is 2.56. The van der Waals surface area contributed by atoms with Crippen LogP contribution in [0.5, 0.6) is 0 Å². The van der Waals surface area contributed by atoms with Crippen molar-refractivity contribution in [3.63, 3.8) is 0 Å². The van der Waals surface area contributed by atoms with Crippen LogP contribution in [0.2, 0.25) is 0 Å². The maximum Gasteiger partial charge on any atom is 0.350 e. The van der Waals surface area contributed by atoms with E-state index in [1.54, 1.807) is 20.8 Å². The van der Waals surface area contributed by atoms with Crippen LogP contribution < -0.4 is 0 Å². The molecule has 0 aliphatic heterocycles. The first-order valence-electron chi connectivity index (χ1n) is 21.2. The molecule has 0 spiro atoms. The summed E-state index contributed by atoms with van der Waals surface area (Å²) in [6.45, 7) is 22.3. The molecule has 6 rings (SSSR count). The molecule has 6 saturated carbocycles. The second-order valence-electron chi connectivity index (χ2n) is 19.6. The molecule has 0 aromatic heterocycles. The molecule has 0 amide bonds. The quantitative estimate of drug-likeness (QED) is 0.162. The molecule has 4 bridgehead atoms. The van der Waals surface area contributed by atoms with Crippen molar-refractivity contribution < 1.29 is 38.1 Å². The van der Waals surface area contributed by atoms with Crippen LogP contribution in [0.4, 0.5) is 0 Å². The SMILES string of the molecule is CC(OC(=O)C1CC2CC1C(C)C2C)C(=O)OC1(C(C)C)CCCC1.CC1C2CC(C(=O)OC(C)(C)C(=O)OC(C)(C)C3CCCCC3)C(C2)C1C. The fourth-order valence-corrected chi connectivity index (χ4v) is 11.4. The molecule has 52 heavy (non-hydrogen) atoms. The standard InChI is InChI=1S/C23H38O4.C21H34O4/c1-14-15(2)18-12-16(14)13-19(18)20(24)26-23(5,6)21(25)27-22(3,4)17-10-8-7-9-11-17;1-12(2)21(8-6-7-9-21)25-19(22)15(5)24-20(23)18-11-16-10-17(18)14(4)13(16)3/h14-19H,7-13H2,1-6H3;12-18H,6-11H2,1-5H3. The largest absolute Gasteiger partial charge is 0.456 e. The Morgan fingerprint density at radius 3 is 1.60 bits per heavy atom. The average molecular weight is 729 g/mol. The van der Waals surface area contributed by atoms with Crippen molar-refractivity contribution >= 4 is 23.9 Å². The third-order valence-electron chi connectivity index (χ3n) is 15.6. The molecule has 0 saturated heterocycles. The Morgan fingerprint density at radius 2 is 1.13 bits per heavy atom. The molecule has 0 N–H and O–H groups in total. The summed E-state index contributed by atoms with van der Waals surface area (Å²) in [5, 5.41) is 0. The van der Waals surface area contributed by atoms with Gasteiger partial charge in [0.05, 0.1) is 11.8 Å². The van der Waals surface area contributed by atoms with Crippen molar-refractivity contribution in [2.75, 3.05) is 0 Å². The summed E-state index contributed by atoms with van der Waals surface area (Å²) in [5.41, 5.74) is -2.12.